The lowest BCUT2D eigenvalue weighted by Gasteiger charge is -2.12. The van der Waals surface area contributed by atoms with Gasteiger partial charge in [-0.05, 0) is 63.6 Å². The molecule has 0 amide bonds. The SMILES string of the molecule is CCN(C)CCCCCCc1cc[n+](CCCCCCCCCCCS)cc1. The molecule has 1 aromatic heterocycles. The molecule has 0 saturated carbocycles. The van der Waals surface area contributed by atoms with E-state index in [-0.39, 0.29) is 0 Å². The molecule has 28 heavy (non-hydrogen) atoms. The number of nitrogens with zero attached hydrogens (tertiary/aromatic N) is 2. The topological polar surface area (TPSA) is 7.12 Å². The monoisotopic (exact) mass is 407 g/mol. The van der Waals surface area contributed by atoms with Gasteiger partial charge in [-0.15, -0.1) is 0 Å². The Morgan fingerprint density at radius 1 is 0.750 bits per heavy atom. The average molecular weight is 408 g/mol. The largest absolute Gasteiger partial charge is 0.307 e. The second kappa shape index (κ2) is 18.5. The molecule has 0 bridgehead atoms. The molecular weight excluding hydrogens is 360 g/mol. The molecule has 0 radical (unpaired) electrons. The number of hydrogen-bond acceptors (Lipinski definition) is 2. The molecule has 1 rings (SSSR count). The Hall–Kier alpha value is -0.540. The van der Waals surface area contributed by atoms with Crippen LogP contribution in [0.4, 0.5) is 0 Å². The molecule has 0 unspecified atom stereocenters. The minimum atomic E-state index is 1.05. The second-order valence-electron chi connectivity index (χ2n) is 8.41. The highest BCUT2D eigenvalue weighted by Gasteiger charge is 2.02. The normalized spacial score (nSPS) is 11.4. The third kappa shape index (κ3) is 14.5. The fourth-order valence-corrected chi connectivity index (χ4v) is 3.89. The highest BCUT2D eigenvalue weighted by molar-refractivity contribution is 7.80. The number of thiol groups is 1. The van der Waals surface area contributed by atoms with Crippen LogP contribution in [0.25, 0.3) is 0 Å². The molecule has 2 nitrogen and oxygen atoms in total. The van der Waals surface area contributed by atoms with Gasteiger partial charge in [0.2, 0.25) is 0 Å². The van der Waals surface area contributed by atoms with Crippen molar-refractivity contribution in [3.05, 3.63) is 30.1 Å². The van der Waals surface area contributed by atoms with Gasteiger partial charge in [0, 0.05) is 18.6 Å². The van der Waals surface area contributed by atoms with Crippen LogP contribution in [0.15, 0.2) is 24.5 Å². The van der Waals surface area contributed by atoms with Crippen LogP contribution in [0.3, 0.4) is 0 Å². The predicted octanol–water partition coefficient (Wildman–Crippen LogP) is 6.47. The summed E-state index contributed by atoms with van der Waals surface area (Å²) >= 11 is 4.27. The van der Waals surface area contributed by atoms with Crippen LogP contribution < -0.4 is 4.57 Å². The summed E-state index contributed by atoms with van der Waals surface area (Å²) < 4.78 is 2.36. The van der Waals surface area contributed by atoms with E-state index in [1.165, 1.54) is 115 Å². The number of hydrogen-bond donors (Lipinski definition) is 1. The van der Waals surface area contributed by atoms with Crippen LogP contribution in [-0.2, 0) is 13.0 Å². The molecule has 162 valence electrons. The number of rotatable bonds is 19. The molecule has 0 saturated heterocycles. The Labute approximate surface area is 181 Å². The van der Waals surface area contributed by atoms with Crippen molar-refractivity contribution in [3.8, 4) is 0 Å². The van der Waals surface area contributed by atoms with E-state index in [4.69, 9.17) is 0 Å². The zero-order valence-electron chi connectivity index (χ0n) is 18.9. The molecule has 1 heterocycles. The highest BCUT2D eigenvalue weighted by atomic mass is 32.1. The van der Waals surface area contributed by atoms with Crippen molar-refractivity contribution in [2.24, 2.45) is 0 Å². The van der Waals surface area contributed by atoms with Gasteiger partial charge in [0.05, 0.1) is 0 Å². The molecular formula is C25H47N2S+. The second-order valence-corrected chi connectivity index (χ2v) is 8.86. The van der Waals surface area contributed by atoms with E-state index in [2.05, 4.69) is 60.6 Å². The summed E-state index contributed by atoms with van der Waals surface area (Å²) in [5, 5.41) is 0. The number of pyridine rings is 1. The lowest BCUT2D eigenvalue weighted by molar-refractivity contribution is -0.697. The number of aromatic nitrogens is 1. The summed E-state index contributed by atoms with van der Waals surface area (Å²) in [5.74, 6) is 1.05. The van der Waals surface area contributed by atoms with Crippen LogP contribution in [-0.4, -0.2) is 30.8 Å². The van der Waals surface area contributed by atoms with Crippen molar-refractivity contribution < 1.29 is 4.57 Å². The zero-order chi connectivity index (χ0) is 20.3. The molecule has 0 aliphatic carbocycles. The Kier molecular flexibility index (Phi) is 16.8. The zero-order valence-corrected chi connectivity index (χ0v) is 19.8. The van der Waals surface area contributed by atoms with Gasteiger partial charge in [0.25, 0.3) is 0 Å². The summed E-state index contributed by atoms with van der Waals surface area (Å²) in [6.07, 6.45) is 23.6. The summed E-state index contributed by atoms with van der Waals surface area (Å²) in [7, 11) is 2.21. The van der Waals surface area contributed by atoms with E-state index >= 15 is 0 Å². The first-order chi connectivity index (χ1) is 13.8. The van der Waals surface area contributed by atoms with Gasteiger partial charge < -0.3 is 4.90 Å². The Balaban J connectivity index is 1.97. The summed E-state index contributed by atoms with van der Waals surface area (Å²) in [6, 6.07) is 4.66. The van der Waals surface area contributed by atoms with Crippen LogP contribution in [0.5, 0.6) is 0 Å². The van der Waals surface area contributed by atoms with Gasteiger partial charge in [-0.25, -0.2) is 4.57 Å². The van der Waals surface area contributed by atoms with Gasteiger partial charge in [0.15, 0.2) is 12.4 Å². The Bertz CT molecular complexity index is 446. The Morgan fingerprint density at radius 2 is 1.29 bits per heavy atom. The fraction of sp³-hybridized carbons (Fsp3) is 0.800. The minimum absolute atomic E-state index is 1.05. The predicted molar refractivity (Wildman–Crippen MR) is 127 cm³/mol. The van der Waals surface area contributed by atoms with E-state index in [0.717, 1.165) is 5.75 Å². The smallest absolute Gasteiger partial charge is 0.169 e. The molecule has 0 fully saturated rings. The molecule has 3 heteroatoms. The maximum absolute atomic E-state index is 4.27. The third-order valence-electron chi connectivity index (χ3n) is 5.83. The standard InChI is InChI=1S/C25H46N2S/c1-3-26(2)20-14-11-9-13-17-25-18-22-27(23-19-25)21-15-10-7-5-4-6-8-12-16-24-28/h18-19,22-23H,3-17,20-21,24H2,1-2H3/p+1. The van der Waals surface area contributed by atoms with Crippen molar-refractivity contribution in [2.45, 2.75) is 103 Å². The van der Waals surface area contributed by atoms with Gasteiger partial charge in [-0.2, -0.15) is 12.6 Å². The van der Waals surface area contributed by atoms with Crippen molar-refractivity contribution in [3.63, 3.8) is 0 Å². The van der Waals surface area contributed by atoms with E-state index < -0.39 is 0 Å². The Morgan fingerprint density at radius 3 is 1.89 bits per heavy atom. The third-order valence-corrected chi connectivity index (χ3v) is 6.15. The molecule has 0 aromatic carbocycles. The molecule has 0 aliphatic heterocycles. The van der Waals surface area contributed by atoms with Gasteiger partial charge in [-0.3, -0.25) is 0 Å². The maximum Gasteiger partial charge on any atom is 0.169 e. The molecule has 0 aliphatic rings. The average Bonchev–Trinajstić information content (AvgIpc) is 2.72. The van der Waals surface area contributed by atoms with Crippen molar-refractivity contribution in [2.75, 3.05) is 25.9 Å². The summed E-state index contributed by atoms with van der Waals surface area (Å²) in [5.41, 5.74) is 1.50. The fourth-order valence-electron chi connectivity index (χ4n) is 3.67. The lowest BCUT2D eigenvalue weighted by atomic mass is 10.1. The van der Waals surface area contributed by atoms with E-state index in [1.54, 1.807) is 0 Å². The molecule has 0 spiro atoms. The maximum atomic E-state index is 4.27. The lowest BCUT2D eigenvalue weighted by Crippen LogP contribution is -2.32. The van der Waals surface area contributed by atoms with Crippen molar-refractivity contribution >= 4 is 12.6 Å². The van der Waals surface area contributed by atoms with Crippen LogP contribution >= 0.6 is 12.6 Å². The van der Waals surface area contributed by atoms with Crippen LogP contribution in [0.1, 0.15) is 96.0 Å². The number of aryl methyl sites for hydroxylation is 2. The molecule has 0 atom stereocenters. The quantitative estimate of drug-likeness (QED) is 0.157. The first-order valence-electron chi connectivity index (χ1n) is 12.0. The molecule has 1 aromatic rings. The van der Waals surface area contributed by atoms with Crippen molar-refractivity contribution in [1.82, 2.24) is 4.90 Å². The van der Waals surface area contributed by atoms with E-state index in [9.17, 15) is 0 Å². The summed E-state index contributed by atoms with van der Waals surface area (Å²) in [4.78, 5) is 2.41. The van der Waals surface area contributed by atoms with Gasteiger partial charge >= 0.3 is 0 Å². The summed E-state index contributed by atoms with van der Waals surface area (Å²) in [6.45, 7) is 5.82. The minimum Gasteiger partial charge on any atom is -0.307 e. The van der Waals surface area contributed by atoms with Gasteiger partial charge in [0.1, 0.15) is 6.54 Å². The van der Waals surface area contributed by atoms with E-state index in [1.807, 2.05) is 0 Å². The van der Waals surface area contributed by atoms with Crippen molar-refractivity contribution in [1.29, 1.82) is 0 Å². The first-order valence-corrected chi connectivity index (χ1v) is 12.7. The van der Waals surface area contributed by atoms with E-state index in [0.29, 0.717) is 0 Å². The molecule has 0 N–H and O–H groups in total. The van der Waals surface area contributed by atoms with Crippen LogP contribution in [0, 0.1) is 0 Å². The van der Waals surface area contributed by atoms with Gasteiger partial charge in [-0.1, -0.05) is 58.3 Å². The van der Waals surface area contributed by atoms with Crippen LogP contribution in [0.2, 0.25) is 0 Å². The number of unbranched alkanes of at least 4 members (excludes halogenated alkanes) is 11. The first kappa shape index (κ1) is 25.5. The highest BCUT2D eigenvalue weighted by Crippen LogP contribution is 2.10.